The summed E-state index contributed by atoms with van der Waals surface area (Å²) in [6.45, 7) is 1.91. The summed E-state index contributed by atoms with van der Waals surface area (Å²) < 4.78 is 13.0. The number of nitrogens with one attached hydrogen (secondary N) is 1. The van der Waals surface area contributed by atoms with Crippen molar-refractivity contribution in [2.24, 2.45) is 5.84 Å². The van der Waals surface area contributed by atoms with Gasteiger partial charge in [-0.05, 0) is 18.6 Å². The Kier molecular flexibility index (Phi) is 3.23. The lowest BCUT2D eigenvalue weighted by Crippen LogP contribution is -2.28. The minimum atomic E-state index is -0.376. The van der Waals surface area contributed by atoms with Crippen LogP contribution in [0.25, 0.3) is 0 Å². The lowest BCUT2D eigenvalue weighted by atomic mass is 10.1. The molecule has 2 aromatic heterocycles. The highest BCUT2D eigenvalue weighted by Gasteiger charge is 2.15. The average Bonchev–Trinajstić information content (AvgIpc) is 2.66. The van der Waals surface area contributed by atoms with E-state index >= 15 is 0 Å². The van der Waals surface area contributed by atoms with Gasteiger partial charge in [-0.3, -0.25) is 10.8 Å². The highest BCUT2D eigenvalue weighted by atomic mass is 32.1. The number of aryl methyl sites for hydroxylation is 1. The SMILES string of the molecule is Cc1ncc(C(NN)c2cncc(F)c2)s1. The van der Waals surface area contributed by atoms with Crippen molar-refractivity contribution in [1.82, 2.24) is 15.4 Å². The minimum Gasteiger partial charge on any atom is -0.271 e. The predicted octanol–water partition coefficient (Wildman–Crippen LogP) is 1.54. The zero-order valence-corrected chi connectivity index (χ0v) is 9.46. The molecule has 0 aliphatic carbocycles. The van der Waals surface area contributed by atoms with Crippen molar-refractivity contribution in [3.63, 3.8) is 0 Å². The van der Waals surface area contributed by atoms with Gasteiger partial charge in [0.05, 0.1) is 17.2 Å². The van der Waals surface area contributed by atoms with E-state index in [1.807, 2.05) is 6.92 Å². The second-order valence-corrected chi connectivity index (χ2v) is 4.58. The molecule has 0 aromatic carbocycles. The van der Waals surface area contributed by atoms with Crippen molar-refractivity contribution < 1.29 is 4.39 Å². The van der Waals surface area contributed by atoms with E-state index in [0.29, 0.717) is 5.56 Å². The van der Waals surface area contributed by atoms with Gasteiger partial charge in [0.1, 0.15) is 5.82 Å². The number of pyridine rings is 1. The second-order valence-electron chi connectivity index (χ2n) is 3.32. The maximum Gasteiger partial charge on any atom is 0.141 e. The van der Waals surface area contributed by atoms with Crippen molar-refractivity contribution in [3.8, 4) is 0 Å². The van der Waals surface area contributed by atoms with E-state index < -0.39 is 0 Å². The molecule has 0 saturated heterocycles. The van der Waals surface area contributed by atoms with Gasteiger partial charge >= 0.3 is 0 Å². The molecule has 0 fully saturated rings. The minimum absolute atomic E-state index is 0.269. The van der Waals surface area contributed by atoms with Crippen LogP contribution in [0.2, 0.25) is 0 Å². The van der Waals surface area contributed by atoms with Crippen LogP contribution in [0.5, 0.6) is 0 Å². The van der Waals surface area contributed by atoms with Crippen LogP contribution in [0, 0.1) is 12.7 Å². The summed E-state index contributed by atoms with van der Waals surface area (Å²) in [5.41, 5.74) is 3.33. The summed E-state index contributed by atoms with van der Waals surface area (Å²) in [6, 6.07) is 1.14. The van der Waals surface area contributed by atoms with Crippen LogP contribution < -0.4 is 11.3 Å². The molecule has 2 aromatic rings. The summed E-state index contributed by atoms with van der Waals surface area (Å²) in [6.07, 6.45) is 4.48. The summed E-state index contributed by atoms with van der Waals surface area (Å²) in [4.78, 5) is 8.88. The van der Waals surface area contributed by atoms with Crippen LogP contribution in [-0.4, -0.2) is 9.97 Å². The van der Waals surface area contributed by atoms with E-state index in [9.17, 15) is 4.39 Å². The van der Waals surface area contributed by atoms with Crippen LogP contribution >= 0.6 is 11.3 Å². The maximum atomic E-state index is 13.0. The number of rotatable bonds is 3. The van der Waals surface area contributed by atoms with Gasteiger partial charge in [-0.2, -0.15) is 0 Å². The predicted molar refractivity (Wildman–Crippen MR) is 60.2 cm³/mol. The van der Waals surface area contributed by atoms with E-state index in [4.69, 9.17) is 5.84 Å². The number of thiazole rings is 1. The zero-order chi connectivity index (χ0) is 11.5. The topological polar surface area (TPSA) is 63.8 Å². The molecule has 0 aliphatic heterocycles. The van der Waals surface area contributed by atoms with Crippen LogP contribution in [0.1, 0.15) is 21.5 Å². The number of nitrogens with zero attached hydrogens (tertiary/aromatic N) is 2. The average molecular weight is 238 g/mol. The molecule has 2 heterocycles. The first-order valence-electron chi connectivity index (χ1n) is 4.69. The molecule has 1 atom stereocenters. The third-order valence-corrected chi connectivity index (χ3v) is 3.13. The fourth-order valence-corrected chi connectivity index (χ4v) is 2.31. The molecule has 16 heavy (non-hydrogen) atoms. The van der Waals surface area contributed by atoms with Gasteiger partial charge in [-0.1, -0.05) is 0 Å². The molecule has 0 bridgehead atoms. The highest BCUT2D eigenvalue weighted by molar-refractivity contribution is 7.11. The second kappa shape index (κ2) is 4.65. The van der Waals surface area contributed by atoms with Gasteiger partial charge in [0.15, 0.2) is 0 Å². The smallest absolute Gasteiger partial charge is 0.141 e. The Hall–Kier alpha value is -1.37. The normalized spacial score (nSPS) is 12.7. The van der Waals surface area contributed by atoms with Crippen LogP contribution in [0.15, 0.2) is 24.7 Å². The summed E-state index contributed by atoms with van der Waals surface area (Å²) in [5, 5.41) is 0.944. The number of aromatic nitrogens is 2. The maximum absolute atomic E-state index is 13.0. The Bertz CT molecular complexity index is 485. The van der Waals surface area contributed by atoms with Crippen LogP contribution in [-0.2, 0) is 0 Å². The Morgan fingerprint density at radius 1 is 1.44 bits per heavy atom. The standard InChI is InChI=1S/C10H11FN4S/c1-6-14-5-9(16-6)10(15-12)7-2-8(11)4-13-3-7/h2-5,10,15H,12H2,1H3. The first-order valence-corrected chi connectivity index (χ1v) is 5.51. The molecular weight excluding hydrogens is 227 g/mol. The molecular formula is C10H11FN4S. The first-order chi connectivity index (χ1) is 7.70. The molecule has 2 rings (SSSR count). The Morgan fingerprint density at radius 3 is 2.81 bits per heavy atom. The van der Waals surface area contributed by atoms with Gasteiger partial charge in [0, 0.05) is 17.3 Å². The van der Waals surface area contributed by atoms with Crippen LogP contribution in [0.4, 0.5) is 4.39 Å². The third kappa shape index (κ3) is 2.24. The number of hydrazine groups is 1. The fraction of sp³-hybridized carbons (Fsp3) is 0.200. The molecule has 84 valence electrons. The Morgan fingerprint density at radius 2 is 2.25 bits per heavy atom. The molecule has 0 spiro atoms. The number of hydrogen-bond donors (Lipinski definition) is 2. The molecule has 6 heteroatoms. The number of hydrogen-bond acceptors (Lipinski definition) is 5. The van der Waals surface area contributed by atoms with E-state index in [1.54, 1.807) is 12.4 Å². The largest absolute Gasteiger partial charge is 0.271 e. The zero-order valence-electron chi connectivity index (χ0n) is 8.64. The van der Waals surface area contributed by atoms with Gasteiger partial charge in [-0.25, -0.2) is 14.8 Å². The monoisotopic (exact) mass is 238 g/mol. The Labute approximate surface area is 96.3 Å². The molecule has 1 unspecified atom stereocenters. The molecule has 0 saturated carbocycles. The Balaban J connectivity index is 2.36. The number of halogens is 1. The fourth-order valence-electron chi connectivity index (χ4n) is 1.44. The van der Waals surface area contributed by atoms with Crippen molar-refractivity contribution in [2.45, 2.75) is 13.0 Å². The molecule has 0 amide bonds. The number of nitrogens with two attached hydrogens (primary N) is 1. The summed E-state index contributed by atoms with van der Waals surface area (Å²) >= 11 is 1.52. The van der Waals surface area contributed by atoms with Gasteiger partial charge in [-0.15, -0.1) is 11.3 Å². The van der Waals surface area contributed by atoms with Gasteiger partial charge in [0.2, 0.25) is 0 Å². The van der Waals surface area contributed by atoms with Gasteiger partial charge < -0.3 is 0 Å². The highest BCUT2D eigenvalue weighted by Crippen LogP contribution is 2.25. The van der Waals surface area contributed by atoms with Crippen molar-refractivity contribution in [1.29, 1.82) is 0 Å². The van der Waals surface area contributed by atoms with E-state index in [1.165, 1.54) is 17.4 Å². The van der Waals surface area contributed by atoms with Gasteiger partial charge in [0.25, 0.3) is 0 Å². The summed E-state index contributed by atoms with van der Waals surface area (Å²) in [5.74, 6) is 5.10. The van der Waals surface area contributed by atoms with Crippen molar-refractivity contribution in [3.05, 3.63) is 45.9 Å². The summed E-state index contributed by atoms with van der Waals surface area (Å²) in [7, 11) is 0. The third-order valence-electron chi connectivity index (χ3n) is 2.15. The quantitative estimate of drug-likeness (QED) is 0.629. The van der Waals surface area contributed by atoms with E-state index in [0.717, 1.165) is 16.1 Å². The molecule has 0 aliphatic rings. The lowest BCUT2D eigenvalue weighted by Gasteiger charge is -2.13. The molecule has 0 radical (unpaired) electrons. The van der Waals surface area contributed by atoms with Crippen molar-refractivity contribution in [2.75, 3.05) is 0 Å². The van der Waals surface area contributed by atoms with Crippen molar-refractivity contribution >= 4 is 11.3 Å². The van der Waals surface area contributed by atoms with E-state index in [2.05, 4.69) is 15.4 Å². The van der Waals surface area contributed by atoms with E-state index in [-0.39, 0.29) is 11.9 Å². The molecule has 4 nitrogen and oxygen atoms in total. The lowest BCUT2D eigenvalue weighted by molar-refractivity contribution is 0.600. The first kappa shape index (κ1) is 11.1. The van der Waals surface area contributed by atoms with Crippen LogP contribution in [0.3, 0.4) is 0 Å². The molecule has 3 N–H and O–H groups in total.